The number of halogens is 2. The number of anilines is 1. The maximum atomic E-state index is 12.2. The van der Waals surface area contributed by atoms with Gasteiger partial charge < -0.3 is 34.3 Å². The molecule has 1 amide bonds. The Balaban J connectivity index is 1.56. The first-order valence-corrected chi connectivity index (χ1v) is 10.5. The van der Waals surface area contributed by atoms with Crippen LogP contribution in [-0.4, -0.2) is 75.7 Å². The topological polar surface area (TPSA) is 126 Å². The fourth-order valence-corrected chi connectivity index (χ4v) is 4.22. The van der Waals surface area contributed by atoms with Crippen LogP contribution in [0.15, 0.2) is 0 Å². The summed E-state index contributed by atoms with van der Waals surface area (Å²) in [6.45, 7) is 9.26. The quantitative estimate of drug-likeness (QED) is 0.665. The van der Waals surface area contributed by atoms with Crippen molar-refractivity contribution in [1.29, 1.82) is 0 Å². The van der Waals surface area contributed by atoms with E-state index in [0.29, 0.717) is 0 Å². The number of aromatic nitrogens is 3. The Bertz CT molecular complexity index is 851. The highest BCUT2D eigenvalue weighted by Gasteiger charge is 2.69. The normalized spacial score (nSPS) is 33.6. The summed E-state index contributed by atoms with van der Waals surface area (Å²) in [6.07, 6.45) is -1.71. The molecule has 11 nitrogen and oxygen atoms in total. The van der Waals surface area contributed by atoms with E-state index in [2.05, 4.69) is 25.6 Å². The number of carbonyl (C=O) groups excluding carboxylic acids is 1. The number of alkyl carbamates (subject to hydrolysis) is 1. The number of hydrogen-bond donors (Lipinski definition) is 2. The van der Waals surface area contributed by atoms with Crippen molar-refractivity contribution in [3.63, 3.8) is 0 Å². The molecule has 2 N–H and O–H groups in total. The van der Waals surface area contributed by atoms with Crippen molar-refractivity contribution in [2.75, 3.05) is 25.1 Å². The summed E-state index contributed by atoms with van der Waals surface area (Å²) in [5, 5.41) is 5.71. The van der Waals surface area contributed by atoms with E-state index in [1.54, 1.807) is 34.6 Å². The molecule has 31 heavy (non-hydrogen) atoms. The average Bonchev–Trinajstić information content (AvgIpc) is 2.97. The highest BCUT2D eigenvalue weighted by molar-refractivity contribution is 6.31. The standard InChI is InChI=1S/C18H25Cl2N5O6/c1-15(2,3)31-14(26)21-6-17-7-28-18(8-27-17,10-9(17)29-16(4,5)30-10)25-13-23-11(19)22-12(20)24-13/h9-10H,6-8H2,1-5H3,(H,21,26)(H,22,23,24,25). The fourth-order valence-electron chi connectivity index (χ4n) is 3.85. The van der Waals surface area contributed by atoms with Gasteiger partial charge in [-0.3, -0.25) is 0 Å². The Kier molecular flexibility index (Phi) is 5.51. The van der Waals surface area contributed by atoms with Crippen LogP contribution in [0.2, 0.25) is 10.6 Å². The van der Waals surface area contributed by atoms with E-state index >= 15 is 0 Å². The van der Waals surface area contributed by atoms with Crippen LogP contribution in [0.3, 0.4) is 0 Å². The number of rotatable bonds is 4. The lowest BCUT2D eigenvalue weighted by Crippen LogP contribution is -2.78. The SMILES string of the molecule is CC(C)(C)OC(=O)NCC12COC(Nc3nc(Cl)nc(Cl)n3)(CO1)C1OC(C)(C)OC12. The number of ether oxygens (including phenoxy) is 5. The molecule has 13 heteroatoms. The number of carbonyl (C=O) groups is 1. The molecule has 0 spiro atoms. The van der Waals surface area contributed by atoms with Gasteiger partial charge in [-0.15, -0.1) is 0 Å². The van der Waals surface area contributed by atoms with Gasteiger partial charge >= 0.3 is 6.09 Å². The molecule has 5 heterocycles. The zero-order valence-corrected chi connectivity index (χ0v) is 19.3. The number of amides is 1. The maximum absolute atomic E-state index is 12.2. The van der Waals surface area contributed by atoms with E-state index in [1.165, 1.54) is 0 Å². The van der Waals surface area contributed by atoms with Crippen molar-refractivity contribution in [2.24, 2.45) is 0 Å². The highest BCUT2D eigenvalue weighted by atomic mass is 35.5. The second-order valence-electron chi connectivity index (χ2n) is 9.19. The molecule has 4 aliphatic rings. The van der Waals surface area contributed by atoms with Crippen LogP contribution in [0.1, 0.15) is 34.6 Å². The average molecular weight is 478 g/mol. The Morgan fingerprint density at radius 2 is 1.74 bits per heavy atom. The first-order valence-electron chi connectivity index (χ1n) is 9.77. The lowest BCUT2D eigenvalue weighted by molar-refractivity contribution is -0.319. The summed E-state index contributed by atoms with van der Waals surface area (Å²) in [5.74, 6) is -0.795. The van der Waals surface area contributed by atoms with Crippen molar-refractivity contribution in [1.82, 2.24) is 20.3 Å². The second kappa shape index (κ2) is 7.53. The number of hydrogen-bond acceptors (Lipinski definition) is 10. The predicted molar refractivity (Wildman–Crippen MR) is 109 cm³/mol. The molecule has 4 aliphatic heterocycles. The van der Waals surface area contributed by atoms with E-state index < -0.39 is 41.0 Å². The Morgan fingerprint density at radius 3 is 2.32 bits per heavy atom. The monoisotopic (exact) mass is 477 g/mol. The molecule has 1 aromatic heterocycles. The van der Waals surface area contributed by atoms with Crippen LogP contribution in [-0.2, 0) is 23.7 Å². The summed E-state index contributed by atoms with van der Waals surface area (Å²) in [5.41, 5.74) is -2.74. The third-order valence-corrected chi connectivity index (χ3v) is 5.40. The minimum atomic E-state index is -1.15. The van der Waals surface area contributed by atoms with Gasteiger partial charge in [-0.2, -0.15) is 15.0 Å². The molecule has 0 aliphatic carbocycles. The maximum Gasteiger partial charge on any atom is 0.407 e. The summed E-state index contributed by atoms with van der Waals surface area (Å²) >= 11 is 11.8. The Morgan fingerprint density at radius 1 is 1.10 bits per heavy atom. The van der Waals surface area contributed by atoms with Gasteiger partial charge in [-0.05, 0) is 57.8 Å². The van der Waals surface area contributed by atoms with Crippen LogP contribution >= 0.6 is 23.2 Å². The molecule has 4 unspecified atom stereocenters. The number of nitrogens with zero attached hydrogens (tertiary/aromatic N) is 3. The third-order valence-electron chi connectivity index (χ3n) is 5.06. The van der Waals surface area contributed by atoms with Crippen molar-refractivity contribution < 1.29 is 28.5 Å². The number of nitrogens with one attached hydrogen (secondary N) is 2. The van der Waals surface area contributed by atoms with Crippen molar-refractivity contribution in [3.05, 3.63) is 10.6 Å². The first-order chi connectivity index (χ1) is 14.3. The van der Waals surface area contributed by atoms with Gasteiger partial charge in [0.15, 0.2) is 11.5 Å². The zero-order valence-electron chi connectivity index (χ0n) is 17.8. The fraction of sp³-hybridized carbons (Fsp3) is 0.778. The summed E-state index contributed by atoms with van der Waals surface area (Å²) < 4.78 is 30.0. The lowest BCUT2D eigenvalue weighted by atomic mass is 9.81. The van der Waals surface area contributed by atoms with Crippen molar-refractivity contribution in [3.8, 4) is 0 Å². The smallest absolute Gasteiger partial charge is 0.407 e. The van der Waals surface area contributed by atoms with Gasteiger partial charge in [0, 0.05) is 0 Å². The Hall–Kier alpha value is -1.50. The summed E-state index contributed by atoms with van der Waals surface area (Å²) in [7, 11) is 0. The van der Waals surface area contributed by atoms with Crippen molar-refractivity contribution >= 4 is 35.2 Å². The van der Waals surface area contributed by atoms with E-state index in [9.17, 15) is 4.79 Å². The van der Waals surface area contributed by atoms with Crippen molar-refractivity contribution in [2.45, 2.75) is 69.5 Å². The van der Waals surface area contributed by atoms with E-state index in [-0.39, 0.29) is 36.3 Å². The third kappa shape index (κ3) is 4.53. The molecule has 4 saturated heterocycles. The van der Waals surface area contributed by atoms with Gasteiger partial charge in [0.2, 0.25) is 16.5 Å². The molecular formula is C18H25Cl2N5O6. The highest BCUT2D eigenvalue weighted by Crippen LogP contribution is 2.49. The molecule has 2 bridgehead atoms. The van der Waals surface area contributed by atoms with Crippen LogP contribution in [0.5, 0.6) is 0 Å². The lowest BCUT2D eigenvalue weighted by Gasteiger charge is -2.57. The summed E-state index contributed by atoms with van der Waals surface area (Å²) in [4.78, 5) is 24.0. The molecule has 4 atom stereocenters. The largest absolute Gasteiger partial charge is 0.444 e. The van der Waals surface area contributed by atoms with Gasteiger partial charge in [0.25, 0.3) is 0 Å². The Labute approximate surface area is 189 Å². The first kappa shape index (κ1) is 22.7. The molecule has 0 aromatic carbocycles. The van der Waals surface area contributed by atoms with Gasteiger partial charge in [0.05, 0.1) is 19.8 Å². The van der Waals surface area contributed by atoms with Crippen LogP contribution < -0.4 is 10.6 Å². The number of fused-ring (bicyclic) bond motifs is 2. The van der Waals surface area contributed by atoms with Crippen LogP contribution in [0, 0.1) is 0 Å². The molecule has 0 radical (unpaired) electrons. The minimum Gasteiger partial charge on any atom is -0.444 e. The molecular weight excluding hydrogens is 453 g/mol. The molecule has 0 saturated carbocycles. The van der Waals surface area contributed by atoms with Crippen LogP contribution in [0.25, 0.3) is 0 Å². The van der Waals surface area contributed by atoms with Gasteiger partial charge in [-0.25, -0.2) is 4.79 Å². The van der Waals surface area contributed by atoms with Crippen LogP contribution in [0.4, 0.5) is 10.7 Å². The van der Waals surface area contributed by atoms with Gasteiger partial charge in [-0.1, -0.05) is 0 Å². The zero-order chi connectivity index (χ0) is 22.7. The summed E-state index contributed by atoms with van der Waals surface area (Å²) in [6, 6.07) is 0. The van der Waals surface area contributed by atoms with E-state index in [4.69, 9.17) is 46.9 Å². The van der Waals surface area contributed by atoms with E-state index in [1.807, 2.05) is 0 Å². The molecule has 1 aromatic rings. The van der Waals surface area contributed by atoms with Gasteiger partial charge in [0.1, 0.15) is 23.4 Å². The molecule has 4 fully saturated rings. The predicted octanol–water partition coefficient (Wildman–Crippen LogP) is 2.13. The van der Waals surface area contributed by atoms with E-state index in [0.717, 1.165) is 0 Å². The molecule has 172 valence electrons. The second-order valence-corrected chi connectivity index (χ2v) is 9.86. The molecule has 5 rings (SSSR count). The minimum absolute atomic E-state index is 0.0668.